The number of rotatable bonds is 6. The summed E-state index contributed by atoms with van der Waals surface area (Å²) in [7, 11) is -3.67. The molecule has 0 unspecified atom stereocenters. The second-order valence-corrected chi connectivity index (χ2v) is 6.97. The molecule has 2 rings (SSSR count). The van der Waals surface area contributed by atoms with Crippen molar-refractivity contribution in [2.24, 2.45) is 0 Å². The van der Waals surface area contributed by atoms with Gasteiger partial charge in [0.15, 0.2) is 11.6 Å². The van der Waals surface area contributed by atoms with Gasteiger partial charge in [0.25, 0.3) is 10.0 Å². The van der Waals surface area contributed by atoms with Crippen molar-refractivity contribution in [1.82, 2.24) is 10.2 Å². The van der Waals surface area contributed by atoms with E-state index in [0.717, 1.165) is 24.5 Å². The van der Waals surface area contributed by atoms with Gasteiger partial charge in [0.2, 0.25) is 0 Å². The lowest BCUT2D eigenvalue weighted by Crippen LogP contribution is -2.23. The number of benzene rings is 1. The average molecular weight is 334 g/mol. The average Bonchev–Trinajstić information content (AvgIpc) is 2.49. The lowest BCUT2D eigenvalue weighted by atomic mass is 10.2. The topological polar surface area (TPSA) is 75.2 Å². The van der Waals surface area contributed by atoms with Crippen molar-refractivity contribution in [3.63, 3.8) is 0 Å². The lowest BCUT2D eigenvalue weighted by Gasteiger charge is -2.19. The maximum atomic E-state index is 12.5. The molecule has 0 saturated carbocycles. The lowest BCUT2D eigenvalue weighted by molar-refractivity contribution is 0.600. The number of nitrogens with zero attached hydrogens (tertiary/aromatic N) is 3. The molecule has 2 aromatic rings. The summed E-state index contributed by atoms with van der Waals surface area (Å²) in [5.74, 6) is 0.936. The van der Waals surface area contributed by atoms with E-state index in [4.69, 9.17) is 0 Å². The molecule has 6 nitrogen and oxygen atoms in total. The Bertz CT molecular complexity index is 769. The Morgan fingerprint density at radius 3 is 2.26 bits per heavy atom. The number of hydrogen-bond acceptors (Lipinski definition) is 5. The minimum Gasteiger partial charge on any atom is -0.356 e. The molecule has 1 N–H and O–H groups in total. The van der Waals surface area contributed by atoms with Crippen molar-refractivity contribution in [3.8, 4) is 0 Å². The Balaban J connectivity index is 2.24. The van der Waals surface area contributed by atoms with E-state index < -0.39 is 10.0 Å². The van der Waals surface area contributed by atoms with Crippen LogP contribution in [0.5, 0.6) is 0 Å². The van der Waals surface area contributed by atoms with Gasteiger partial charge < -0.3 is 4.90 Å². The summed E-state index contributed by atoms with van der Waals surface area (Å²) in [5.41, 5.74) is 1.72. The standard InChI is InChI=1S/C16H22N4O2S/c1-5-20(6-2)16-10-9-15(17-18-16)19-23(21,22)14-8-7-12(3)11-13(14)4/h7-11H,5-6H2,1-4H3,(H,17,19). The van der Waals surface area contributed by atoms with Crippen LogP contribution in [0.1, 0.15) is 25.0 Å². The highest BCUT2D eigenvalue weighted by molar-refractivity contribution is 7.92. The molecule has 0 amide bonds. The second-order valence-electron chi connectivity index (χ2n) is 5.32. The molecular formula is C16H22N4O2S. The molecule has 1 heterocycles. The molecule has 1 aromatic carbocycles. The van der Waals surface area contributed by atoms with Gasteiger partial charge in [-0.05, 0) is 51.5 Å². The third-order valence-corrected chi connectivity index (χ3v) is 5.11. The Morgan fingerprint density at radius 2 is 1.74 bits per heavy atom. The van der Waals surface area contributed by atoms with Crippen molar-refractivity contribution >= 4 is 21.7 Å². The number of nitrogens with one attached hydrogen (secondary N) is 1. The smallest absolute Gasteiger partial charge is 0.263 e. The third kappa shape index (κ3) is 3.98. The van der Waals surface area contributed by atoms with Gasteiger partial charge >= 0.3 is 0 Å². The summed E-state index contributed by atoms with van der Waals surface area (Å²) in [6, 6.07) is 8.60. The van der Waals surface area contributed by atoms with Gasteiger partial charge in [0, 0.05) is 13.1 Å². The fourth-order valence-electron chi connectivity index (χ4n) is 2.39. The molecule has 23 heavy (non-hydrogen) atoms. The van der Waals surface area contributed by atoms with Crippen molar-refractivity contribution < 1.29 is 8.42 Å². The second kappa shape index (κ2) is 6.95. The molecule has 0 atom stereocenters. The number of sulfonamides is 1. The van der Waals surface area contributed by atoms with Crippen LogP contribution in [0.3, 0.4) is 0 Å². The number of hydrogen-bond donors (Lipinski definition) is 1. The third-order valence-electron chi connectivity index (χ3n) is 3.60. The van der Waals surface area contributed by atoms with Crippen molar-refractivity contribution in [3.05, 3.63) is 41.5 Å². The first kappa shape index (κ1) is 17.2. The number of aryl methyl sites for hydroxylation is 2. The molecule has 0 aliphatic rings. The Labute approximate surface area is 137 Å². The molecule has 0 saturated heterocycles. The molecular weight excluding hydrogens is 312 g/mol. The van der Waals surface area contributed by atoms with Crippen LogP contribution >= 0.6 is 0 Å². The highest BCUT2D eigenvalue weighted by atomic mass is 32.2. The maximum absolute atomic E-state index is 12.5. The normalized spacial score (nSPS) is 11.3. The SMILES string of the molecule is CCN(CC)c1ccc(NS(=O)(=O)c2ccc(C)cc2C)nn1. The molecule has 7 heteroatoms. The summed E-state index contributed by atoms with van der Waals surface area (Å²) in [6.45, 7) is 9.40. The van der Waals surface area contributed by atoms with Gasteiger partial charge in [0.05, 0.1) is 4.90 Å². The maximum Gasteiger partial charge on any atom is 0.263 e. The van der Waals surface area contributed by atoms with E-state index in [9.17, 15) is 8.42 Å². The van der Waals surface area contributed by atoms with E-state index in [-0.39, 0.29) is 10.7 Å². The zero-order valence-corrected chi connectivity index (χ0v) is 14.7. The van der Waals surface area contributed by atoms with Crippen LogP contribution in [0.25, 0.3) is 0 Å². The van der Waals surface area contributed by atoms with Crippen molar-refractivity contribution in [2.45, 2.75) is 32.6 Å². The minimum atomic E-state index is -3.67. The van der Waals surface area contributed by atoms with E-state index in [1.165, 1.54) is 0 Å². The molecule has 0 spiro atoms. The van der Waals surface area contributed by atoms with Crippen LogP contribution in [0.2, 0.25) is 0 Å². The molecule has 124 valence electrons. The molecule has 0 aliphatic heterocycles. The summed E-state index contributed by atoms with van der Waals surface area (Å²) in [4.78, 5) is 2.28. The first-order valence-electron chi connectivity index (χ1n) is 7.56. The number of anilines is 2. The zero-order valence-electron chi connectivity index (χ0n) is 13.9. The fourth-order valence-corrected chi connectivity index (χ4v) is 3.61. The van der Waals surface area contributed by atoms with E-state index >= 15 is 0 Å². The molecule has 0 aliphatic carbocycles. The Morgan fingerprint density at radius 1 is 1.04 bits per heavy atom. The first-order chi connectivity index (χ1) is 10.9. The van der Waals surface area contributed by atoms with Crippen molar-refractivity contribution in [1.29, 1.82) is 0 Å². The van der Waals surface area contributed by atoms with Crippen LogP contribution in [0, 0.1) is 13.8 Å². The highest BCUT2D eigenvalue weighted by Gasteiger charge is 2.18. The minimum absolute atomic E-state index is 0.209. The highest BCUT2D eigenvalue weighted by Crippen LogP contribution is 2.20. The molecule has 1 aromatic heterocycles. The summed E-state index contributed by atoms with van der Waals surface area (Å²) in [6.07, 6.45) is 0. The van der Waals surface area contributed by atoms with Crippen LogP contribution in [0.4, 0.5) is 11.6 Å². The largest absolute Gasteiger partial charge is 0.356 e. The Hall–Kier alpha value is -2.15. The number of aromatic nitrogens is 2. The van der Waals surface area contributed by atoms with Crippen LogP contribution in [-0.4, -0.2) is 31.7 Å². The van der Waals surface area contributed by atoms with Gasteiger partial charge in [-0.1, -0.05) is 17.7 Å². The van der Waals surface area contributed by atoms with E-state index in [1.54, 1.807) is 31.2 Å². The molecule has 0 bridgehead atoms. The zero-order chi connectivity index (χ0) is 17.0. The van der Waals surface area contributed by atoms with E-state index in [1.807, 2.05) is 31.7 Å². The summed E-state index contributed by atoms with van der Waals surface area (Å²) >= 11 is 0. The fraction of sp³-hybridized carbons (Fsp3) is 0.375. The quantitative estimate of drug-likeness (QED) is 0.879. The monoisotopic (exact) mass is 334 g/mol. The summed E-state index contributed by atoms with van der Waals surface area (Å²) in [5, 5.41) is 8.06. The molecule has 0 fully saturated rings. The van der Waals surface area contributed by atoms with Crippen molar-refractivity contribution in [2.75, 3.05) is 22.7 Å². The van der Waals surface area contributed by atoms with Crippen LogP contribution in [0.15, 0.2) is 35.2 Å². The van der Waals surface area contributed by atoms with Crippen LogP contribution < -0.4 is 9.62 Å². The van der Waals surface area contributed by atoms with Gasteiger partial charge in [0.1, 0.15) is 0 Å². The predicted molar refractivity (Wildman–Crippen MR) is 92.3 cm³/mol. The van der Waals surface area contributed by atoms with E-state index in [2.05, 4.69) is 14.9 Å². The van der Waals surface area contributed by atoms with Gasteiger partial charge in [-0.15, -0.1) is 10.2 Å². The Kier molecular flexibility index (Phi) is 5.20. The van der Waals surface area contributed by atoms with E-state index in [0.29, 0.717) is 5.56 Å². The van der Waals surface area contributed by atoms with Gasteiger partial charge in [-0.2, -0.15) is 0 Å². The van der Waals surface area contributed by atoms with Gasteiger partial charge in [-0.3, -0.25) is 4.72 Å². The predicted octanol–water partition coefficient (Wildman–Crippen LogP) is 2.74. The van der Waals surface area contributed by atoms with Crippen LogP contribution in [-0.2, 0) is 10.0 Å². The van der Waals surface area contributed by atoms with Gasteiger partial charge in [-0.25, -0.2) is 8.42 Å². The molecule has 0 radical (unpaired) electrons. The first-order valence-corrected chi connectivity index (χ1v) is 9.04. The summed E-state index contributed by atoms with van der Waals surface area (Å²) < 4.78 is 27.4.